The van der Waals surface area contributed by atoms with Crippen LogP contribution in [0.15, 0.2) is 48.5 Å². The van der Waals surface area contributed by atoms with Crippen molar-refractivity contribution in [3.05, 3.63) is 70.8 Å². The summed E-state index contributed by atoms with van der Waals surface area (Å²) in [5.41, 5.74) is 0.0467. The van der Waals surface area contributed by atoms with Crippen LogP contribution in [0.1, 0.15) is 66.5 Å². The molecule has 0 aromatic heterocycles. The van der Waals surface area contributed by atoms with E-state index in [-0.39, 0.29) is 11.6 Å². The number of aliphatic hydroxyl groups is 1. The molecular weight excluding hydrogens is 468 g/mol. The van der Waals surface area contributed by atoms with Crippen LogP contribution in [0.5, 0.6) is 0 Å². The molecule has 2 aliphatic rings. The van der Waals surface area contributed by atoms with E-state index in [0.717, 1.165) is 26.2 Å². The smallest absolute Gasteiger partial charge is 0.182 e. The molecule has 0 spiro atoms. The molecule has 2 heterocycles. The number of carbonyl (C=O) groups is 2. The normalized spacial score (nSPS) is 18.5. The molecule has 0 aliphatic carbocycles. The highest BCUT2D eigenvalue weighted by Gasteiger charge is 2.37. The maximum atomic E-state index is 13.3. The Bertz CT molecular complexity index is 1010. The van der Waals surface area contributed by atoms with E-state index in [0.29, 0.717) is 48.7 Å². The van der Waals surface area contributed by atoms with E-state index in [4.69, 9.17) is 9.47 Å². The van der Waals surface area contributed by atoms with Gasteiger partial charge in [-0.15, -0.1) is 0 Å². The number of hydrogen-bond donors (Lipinski definition) is 1. The maximum absolute atomic E-state index is 13.3. The summed E-state index contributed by atoms with van der Waals surface area (Å²) in [5, 5.41) is 11.4. The second-order valence-corrected chi connectivity index (χ2v) is 11.2. The van der Waals surface area contributed by atoms with Gasteiger partial charge in [0, 0.05) is 37.3 Å². The Labute approximate surface area is 220 Å². The van der Waals surface area contributed by atoms with Crippen LogP contribution in [0.25, 0.3) is 0 Å². The first kappa shape index (κ1) is 27.6. The zero-order valence-electron chi connectivity index (χ0n) is 22.8. The Morgan fingerprint density at radius 3 is 1.22 bits per heavy atom. The van der Waals surface area contributed by atoms with Crippen molar-refractivity contribution in [3.8, 4) is 0 Å². The Morgan fingerprint density at radius 1 is 0.622 bits per heavy atom. The van der Waals surface area contributed by atoms with Crippen molar-refractivity contribution in [2.24, 2.45) is 0 Å². The third kappa shape index (κ3) is 5.56. The monoisotopic (exact) mass is 508 g/mol. The lowest BCUT2D eigenvalue weighted by Crippen LogP contribution is -2.54. The number of nitrogens with zero attached hydrogens (tertiary/aromatic N) is 2. The molecule has 7 nitrogen and oxygen atoms in total. The summed E-state index contributed by atoms with van der Waals surface area (Å²) in [4.78, 5) is 30.9. The van der Waals surface area contributed by atoms with Crippen molar-refractivity contribution in [1.29, 1.82) is 0 Å². The Hall–Kier alpha value is -2.42. The molecule has 1 N–H and O–H groups in total. The van der Waals surface area contributed by atoms with Gasteiger partial charge in [-0.25, -0.2) is 0 Å². The average Bonchev–Trinajstić information content (AvgIpc) is 2.93. The van der Waals surface area contributed by atoms with Crippen molar-refractivity contribution in [3.63, 3.8) is 0 Å². The largest absolute Gasteiger partial charge is 0.381 e. The van der Waals surface area contributed by atoms with Crippen molar-refractivity contribution >= 4 is 11.6 Å². The lowest BCUT2D eigenvalue weighted by molar-refractivity contribution is -0.00442. The Morgan fingerprint density at radius 2 is 0.919 bits per heavy atom. The van der Waals surface area contributed by atoms with Gasteiger partial charge in [-0.1, -0.05) is 48.5 Å². The number of ether oxygens (including phenoxy) is 2. The average molecular weight is 509 g/mol. The number of carbonyl (C=O) groups excluding carboxylic acids is 2. The molecule has 200 valence electrons. The summed E-state index contributed by atoms with van der Waals surface area (Å²) in [6, 6.07) is 14.4. The van der Waals surface area contributed by atoms with Crippen LogP contribution in [0.4, 0.5) is 0 Å². The van der Waals surface area contributed by atoms with Crippen LogP contribution in [-0.2, 0) is 15.1 Å². The summed E-state index contributed by atoms with van der Waals surface area (Å²) >= 11 is 0. The zero-order chi connectivity index (χ0) is 26.8. The fraction of sp³-hybridized carbons (Fsp3) is 0.533. The van der Waals surface area contributed by atoms with E-state index in [1.807, 2.05) is 52.0 Å². The van der Waals surface area contributed by atoms with Crippen LogP contribution in [0.3, 0.4) is 0 Å². The van der Waals surface area contributed by atoms with Gasteiger partial charge in [-0.05, 0) is 45.7 Å². The molecule has 7 heteroatoms. The summed E-state index contributed by atoms with van der Waals surface area (Å²) in [6.45, 7) is 15.0. The summed E-state index contributed by atoms with van der Waals surface area (Å²) in [6.07, 6.45) is 0. The van der Waals surface area contributed by atoms with E-state index >= 15 is 0 Å². The molecule has 0 unspecified atom stereocenters. The fourth-order valence-electron chi connectivity index (χ4n) is 5.30. The minimum atomic E-state index is -1.28. The Kier molecular flexibility index (Phi) is 8.02. The van der Waals surface area contributed by atoms with E-state index in [1.54, 1.807) is 31.2 Å². The van der Waals surface area contributed by atoms with Gasteiger partial charge in [0.1, 0.15) is 5.60 Å². The predicted octanol–water partition coefficient (Wildman–Crippen LogP) is 3.53. The van der Waals surface area contributed by atoms with Gasteiger partial charge in [0.2, 0.25) is 0 Å². The van der Waals surface area contributed by atoms with Gasteiger partial charge >= 0.3 is 0 Å². The van der Waals surface area contributed by atoms with E-state index in [2.05, 4.69) is 9.80 Å². The van der Waals surface area contributed by atoms with Crippen molar-refractivity contribution in [2.75, 3.05) is 52.6 Å². The van der Waals surface area contributed by atoms with Crippen LogP contribution < -0.4 is 0 Å². The molecule has 2 saturated heterocycles. The van der Waals surface area contributed by atoms with Crippen LogP contribution in [0, 0.1) is 0 Å². The molecule has 0 amide bonds. The molecule has 0 saturated carbocycles. The highest BCUT2D eigenvalue weighted by Crippen LogP contribution is 2.31. The van der Waals surface area contributed by atoms with Gasteiger partial charge in [-0.3, -0.25) is 19.4 Å². The van der Waals surface area contributed by atoms with Crippen LogP contribution in [-0.4, -0.2) is 90.2 Å². The topological polar surface area (TPSA) is 79.3 Å². The van der Waals surface area contributed by atoms with Gasteiger partial charge in [-0.2, -0.15) is 0 Å². The van der Waals surface area contributed by atoms with Crippen molar-refractivity contribution < 1.29 is 24.2 Å². The highest BCUT2D eigenvalue weighted by molar-refractivity contribution is 6.03. The molecule has 2 aliphatic heterocycles. The summed E-state index contributed by atoms with van der Waals surface area (Å²) in [5.74, 6) is 0.0951. The van der Waals surface area contributed by atoms with Gasteiger partial charge in [0.05, 0.1) is 37.5 Å². The van der Waals surface area contributed by atoms with E-state index in [1.165, 1.54) is 0 Å². The quantitative estimate of drug-likeness (QED) is 0.547. The molecular formula is C30H40N2O5. The predicted molar refractivity (Wildman–Crippen MR) is 143 cm³/mol. The lowest BCUT2D eigenvalue weighted by atomic mass is 9.84. The standard InChI is InChI=1S/C30H40N2O5/c1-28(2,31-14-18-36-19-15-31)26(33)22-6-10-24(11-7-22)30(5,35)25-12-8-23(9-13-25)27(34)29(3,4)32-16-20-37-21-17-32/h6-13,35H,14-21H2,1-5H3. The maximum Gasteiger partial charge on any atom is 0.182 e. The summed E-state index contributed by atoms with van der Waals surface area (Å²) < 4.78 is 10.9. The molecule has 37 heavy (non-hydrogen) atoms. The minimum Gasteiger partial charge on any atom is -0.381 e. The number of morpholine rings is 2. The summed E-state index contributed by atoms with van der Waals surface area (Å²) in [7, 11) is 0. The number of hydrogen-bond acceptors (Lipinski definition) is 7. The zero-order valence-corrected chi connectivity index (χ0v) is 22.8. The van der Waals surface area contributed by atoms with E-state index in [9.17, 15) is 14.7 Å². The second kappa shape index (κ2) is 10.8. The third-order valence-electron chi connectivity index (χ3n) is 8.13. The van der Waals surface area contributed by atoms with Gasteiger partial charge in [0.25, 0.3) is 0 Å². The molecule has 2 aromatic rings. The number of benzene rings is 2. The first-order chi connectivity index (χ1) is 17.5. The molecule has 2 fully saturated rings. The highest BCUT2D eigenvalue weighted by atomic mass is 16.5. The van der Waals surface area contributed by atoms with Gasteiger partial charge < -0.3 is 14.6 Å². The Balaban J connectivity index is 1.48. The number of rotatable bonds is 8. The number of ketones is 2. The lowest BCUT2D eigenvalue weighted by Gasteiger charge is -2.39. The van der Waals surface area contributed by atoms with Crippen LogP contribution in [0.2, 0.25) is 0 Å². The first-order valence-corrected chi connectivity index (χ1v) is 13.1. The molecule has 4 rings (SSSR count). The first-order valence-electron chi connectivity index (χ1n) is 13.1. The van der Waals surface area contributed by atoms with E-state index < -0.39 is 16.7 Å². The second-order valence-electron chi connectivity index (χ2n) is 11.2. The van der Waals surface area contributed by atoms with Crippen molar-refractivity contribution in [2.45, 2.75) is 51.3 Å². The minimum absolute atomic E-state index is 0.0475. The van der Waals surface area contributed by atoms with Crippen molar-refractivity contribution in [1.82, 2.24) is 9.80 Å². The SMILES string of the molecule is CC(O)(c1ccc(C(=O)C(C)(C)N2CCOCC2)cc1)c1ccc(C(=O)C(C)(C)N2CCOCC2)cc1. The molecule has 2 aromatic carbocycles. The molecule has 0 atom stereocenters. The molecule has 0 radical (unpaired) electrons. The number of Topliss-reactive ketones (excluding diaryl/α,β-unsaturated/α-hetero) is 2. The van der Waals surface area contributed by atoms with Gasteiger partial charge in [0.15, 0.2) is 11.6 Å². The fourth-order valence-corrected chi connectivity index (χ4v) is 5.30. The van der Waals surface area contributed by atoms with Crippen LogP contribution >= 0.6 is 0 Å². The third-order valence-corrected chi connectivity index (χ3v) is 8.13. The molecule has 0 bridgehead atoms.